The quantitative estimate of drug-likeness (QED) is 0.580. The SMILES string of the molecule is CN(C)CCNCC1(O)CCC(C(=O)O)CC1. The summed E-state index contributed by atoms with van der Waals surface area (Å²) in [5.41, 5.74) is -0.710. The molecule has 5 nitrogen and oxygen atoms in total. The molecule has 0 unspecified atom stereocenters. The van der Waals surface area contributed by atoms with E-state index in [1.54, 1.807) is 0 Å². The number of aliphatic carboxylic acids is 1. The Morgan fingerprint density at radius 1 is 1.41 bits per heavy atom. The second-order valence-electron chi connectivity index (χ2n) is 5.32. The number of nitrogens with zero attached hydrogens (tertiary/aromatic N) is 1. The summed E-state index contributed by atoms with van der Waals surface area (Å²) in [4.78, 5) is 12.9. The van der Waals surface area contributed by atoms with Gasteiger partial charge in [-0.25, -0.2) is 0 Å². The maximum Gasteiger partial charge on any atom is 0.306 e. The summed E-state index contributed by atoms with van der Waals surface area (Å²) >= 11 is 0. The molecule has 0 spiro atoms. The van der Waals surface area contributed by atoms with Gasteiger partial charge in [-0.15, -0.1) is 0 Å². The van der Waals surface area contributed by atoms with Gasteiger partial charge in [-0.3, -0.25) is 4.79 Å². The monoisotopic (exact) mass is 244 g/mol. The number of carboxylic acids is 1. The third-order valence-electron chi connectivity index (χ3n) is 3.46. The molecule has 0 aromatic heterocycles. The van der Waals surface area contributed by atoms with Crippen molar-refractivity contribution in [1.29, 1.82) is 0 Å². The number of hydrogen-bond donors (Lipinski definition) is 3. The number of carbonyl (C=O) groups is 1. The molecule has 0 heterocycles. The van der Waals surface area contributed by atoms with Crippen molar-refractivity contribution in [2.45, 2.75) is 31.3 Å². The molecule has 0 atom stereocenters. The van der Waals surface area contributed by atoms with Crippen LogP contribution in [0.4, 0.5) is 0 Å². The molecule has 0 aromatic rings. The molecule has 0 aromatic carbocycles. The fourth-order valence-electron chi connectivity index (χ4n) is 2.20. The Bertz CT molecular complexity index is 248. The van der Waals surface area contributed by atoms with Crippen LogP contribution in [0.2, 0.25) is 0 Å². The van der Waals surface area contributed by atoms with Gasteiger partial charge in [0, 0.05) is 19.6 Å². The van der Waals surface area contributed by atoms with Crippen LogP contribution < -0.4 is 5.32 Å². The number of likely N-dealkylation sites (N-methyl/N-ethyl adjacent to an activating group) is 1. The standard InChI is InChI=1S/C12H24N2O3/c1-14(2)8-7-13-9-12(17)5-3-10(4-6-12)11(15)16/h10,13,17H,3-9H2,1-2H3,(H,15,16). The summed E-state index contributed by atoms with van der Waals surface area (Å²) in [5, 5.41) is 22.4. The highest BCUT2D eigenvalue weighted by Crippen LogP contribution is 2.31. The van der Waals surface area contributed by atoms with Crippen LogP contribution in [0.25, 0.3) is 0 Å². The smallest absolute Gasteiger partial charge is 0.306 e. The number of aliphatic hydroxyl groups is 1. The molecule has 5 heteroatoms. The Labute approximate surface area is 103 Å². The van der Waals surface area contributed by atoms with Crippen molar-refractivity contribution in [1.82, 2.24) is 10.2 Å². The number of hydrogen-bond acceptors (Lipinski definition) is 4. The zero-order chi connectivity index (χ0) is 12.9. The molecule has 1 aliphatic carbocycles. The summed E-state index contributed by atoms with van der Waals surface area (Å²) < 4.78 is 0. The molecule has 0 bridgehead atoms. The second-order valence-corrected chi connectivity index (χ2v) is 5.32. The lowest BCUT2D eigenvalue weighted by Gasteiger charge is -2.35. The molecular weight excluding hydrogens is 220 g/mol. The third-order valence-corrected chi connectivity index (χ3v) is 3.46. The van der Waals surface area contributed by atoms with Gasteiger partial charge in [-0.1, -0.05) is 0 Å². The zero-order valence-electron chi connectivity index (χ0n) is 10.8. The Morgan fingerprint density at radius 3 is 2.47 bits per heavy atom. The van der Waals surface area contributed by atoms with Crippen LogP contribution in [-0.2, 0) is 4.79 Å². The van der Waals surface area contributed by atoms with Crippen LogP contribution in [0.15, 0.2) is 0 Å². The molecule has 1 rings (SSSR count). The molecule has 1 fully saturated rings. The van der Waals surface area contributed by atoms with Gasteiger partial charge in [0.25, 0.3) is 0 Å². The van der Waals surface area contributed by atoms with Crippen molar-refractivity contribution >= 4 is 5.97 Å². The van der Waals surface area contributed by atoms with Crippen molar-refractivity contribution in [3.63, 3.8) is 0 Å². The lowest BCUT2D eigenvalue weighted by atomic mass is 9.79. The first kappa shape index (κ1) is 14.4. The highest BCUT2D eigenvalue weighted by atomic mass is 16.4. The van der Waals surface area contributed by atoms with Gasteiger partial charge in [0.1, 0.15) is 0 Å². The van der Waals surface area contributed by atoms with E-state index in [0.717, 1.165) is 13.1 Å². The van der Waals surface area contributed by atoms with Gasteiger partial charge < -0.3 is 20.4 Å². The van der Waals surface area contributed by atoms with Crippen LogP contribution in [0, 0.1) is 5.92 Å². The molecular formula is C12H24N2O3. The van der Waals surface area contributed by atoms with E-state index in [2.05, 4.69) is 10.2 Å². The summed E-state index contributed by atoms with van der Waals surface area (Å²) in [7, 11) is 4.02. The maximum atomic E-state index is 10.8. The highest BCUT2D eigenvalue weighted by molar-refractivity contribution is 5.70. The van der Waals surface area contributed by atoms with Gasteiger partial charge in [0.15, 0.2) is 0 Å². The van der Waals surface area contributed by atoms with E-state index in [4.69, 9.17) is 5.11 Å². The number of nitrogens with one attached hydrogen (secondary N) is 1. The van der Waals surface area contributed by atoms with Crippen LogP contribution in [0.3, 0.4) is 0 Å². The predicted molar refractivity (Wildman–Crippen MR) is 66.0 cm³/mol. The lowest BCUT2D eigenvalue weighted by Crippen LogP contribution is -2.45. The number of carboxylic acid groups (broad SMARTS) is 1. The van der Waals surface area contributed by atoms with E-state index < -0.39 is 11.6 Å². The summed E-state index contributed by atoms with van der Waals surface area (Å²) in [5.74, 6) is -0.996. The Hall–Kier alpha value is -0.650. The summed E-state index contributed by atoms with van der Waals surface area (Å²) in [6.45, 7) is 2.35. The molecule has 1 saturated carbocycles. The number of rotatable bonds is 6. The third kappa shape index (κ3) is 5.02. The van der Waals surface area contributed by atoms with Gasteiger partial charge in [-0.05, 0) is 39.8 Å². The van der Waals surface area contributed by atoms with E-state index >= 15 is 0 Å². The molecule has 100 valence electrons. The fraction of sp³-hybridized carbons (Fsp3) is 0.917. The van der Waals surface area contributed by atoms with Crippen LogP contribution in [0.1, 0.15) is 25.7 Å². The van der Waals surface area contributed by atoms with E-state index in [1.807, 2.05) is 14.1 Å². The Balaban J connectivity index is 2.22. The van der Waals surface area contributed by atoms with Crippen LogP contribution >= 0.6 is 0 Å². The highest BCUT2D eigenvalue weighted by Gasteiger charge is 2.35. The Kier molecular flexibility index (Phi) is 5.36. The summed E-state index contributed by atoms with van der Waals surface area (Å²) in [6, 6.07) is 0. The first-order valence-corrected chi connectivity index (χ1v) is 6.23. The van der Waals surface area contributed by atoms with E-state index in [1.165, 1.54) is 0 Å². The van der Waals surface area contributed by atoms with Crippen molar-refractivity contribution in [3.05, 3.63) is 0 Å². The predicted octanol–water partition coefficient (Wildman–Crippen LogP) is 0.144. The van der Waals surface area contributed by atoms with Gasteiger partial charge in [0.05, 0.1) is 11.5 Å². The topological polar surface area (TPSA) is 72.8 Å². The summed E-state index contributed by atoms with van der Waals surface area (Å²) in [6.07, 6.45) is 2.33. The van der Waals surface area contributed by atoms with Crippen molar-refractivity contribution in [2.75, 3.05) is 33.7 Å². The van der Waals surface area contributed by atoms with Gasteiger partial charge >= 0.3 is 5.97 Å². The zero-order valence-corrected chi connectivity index (χ0v) is 10.8. The fourth-order valence-corrected chi connectivity index (χ4v) is 2.20. The molecule has 0 radical (unpaired) electrons. The molecule has 0 saturated heterocycles. The maximum absolute atomic E-state index is 10.8. The van der Waals surface area contributed by atoms with Crippen molar-refractivity contribution in [2.24, 2.45) is 5.92 Å². The average Bonchev–Trinajstić information content (AvgIpc) is 2.25. The first-order valence-electron chi connectivity index (χ1n) is 6.23. The molecule has 0 aliphatic heterocycles. The minimum atomic E-state index is -0.729. The normalized spacial score (nSPS) is 29.5. The first-order chi connectivity index (χ1) is 7.93. The Morgan fingerprint density at radius 2 is 2.00 bits per heavy atom. The molecule has 1 aliphatic rings. The minimum Gasteiger partial charge on any atom is -0.481 e. The molecule has 17 heavy (non-hydrogen) atoms. The molecule has 0 amide bonds. The van der Waals surface area contributed by atoms with E-state index in [-0.39, 0.29) is 5.92 Å². The van der Waals surface area contributed by atoms with Gasteiger partial charge in [0.2, 0.25) is 0 Å². The van der Waals surface area contributed by atoms with Crippen molar-refractivity contribution in [3.8, 4) is 0 Å². The minimum absolute atomic E-state index is 0.267. The largest absolute Gasteiger partial charge is 0.481 e. The van der Waals surface area contributed by atoms with Crippen LogP contribution in [-0.4, -0.2) is 60.4 Å². The van der Waals surface area contributed by atoms with Crippen molar-refractivity contribution < 1.29 is 15.0 Å². The average molecular weight is 244 g/mol. The van der Waals surface area contributed by atoms with E-state index in [9.17, 15) is 9.90 Å². The molecule has 3 N–H and O–H groups in total. The lowest BCUT2D eigenvalue weighted by molar-refractivity contribution is -0.144. The second kappa shape index (κ2) is 6.33. The van der Waals surface area contributed by atoms with Gasteiger partial charge in [-0.2, -0.15) is 0 Å². The van der Waals surface area contributed by atoms with E-state index in [0.29, 0.717) is 32.2 Å². The van der Waals surface area contributed by atoms with Crippen LogP contribution in [0.5, 0.6) is 0 Å².